The van der Waals surface area contributed by atoms with Gasteiger partial charge in [0.2, 0.25) is 0 Å². The number of hydrogen-bond donors (Lipinski definition) is 1. The summed E-state index contributed by atoms with van der Waals surface area (Å²) < 4.78 is 11.1. The van der Waals surface area contributed by atoms with Gasteiger partial charge in [0.05, 0.1) is 29.3 Å². The Kier molecular flexibility index (Phi) is 9.17. The predicted octanol–water partition coefficient (Wildman–Crippen LogP) is 6.14. The average molecular weight is 479 g/mol. The zero-order chi connectivity index (χ0) is 25.2. The Morgan fingerprint density at radius 2 is 1.60 bits per heavy atom. The standard InChI is InChI=1S/C27H30N2O6/c1-3-5-6-7-17-35-27(31)23-18-24(19-8-12-21(13-9-19)29(32)33)28-26(30)25(23)20-10-14-22(15-11-20)34-16-4-2/h8-15,18H,3-7,16-17H2,1-2H3,(H,28,30). The highest BCUT2D eigenvalue weighted by Gasteiger charge is 2.20. The van der Waals surface area contributed by atoms with Crippen LogP contribution >= 0.6 is 0 Å². The third kappa shape index (κ3) is 6.79. The van der Waals surface area contributed by atoms with Gasteiger partial charge in [-0.05, 0) is 54.3 Å². The highest BCUT2D eigenvalue weighted by atomic mass is 16.6. The van der Waals surface area contributed by atoms with E-state index in [0.29, 0.717) is 29.2 Å². The summed E-state index contributed by atoms with van der Waals surface area (Å²) in [7, 11) is 0. The second-order valence-corrected chi connectivity index (χ2v) is 8.17. The molecule has 0 amide bonds. The van der Waals surface area contributed by atoms with E-state index in [2.05, 4.69) is 11.9 Å². The second-order valence-electron chi connectivity index (χ2n) is 8.17. The lowest BCUT2D eigenvalue weighted by Gasteiger charge is -2.13. The van der Waals surface area contributed by atoms with Gasteiger partial charge in [0, 0.05) is 17.8 Å². The molecular weight excluding hydrogens is 448 g/mol. The van der Waals surface area contributed by atoms with E-state index in [1.54, 1.807) is 30.3 Å². The smallest absolute Gasteiger partial charge is 0.339 e. The van der Waals surface area contributed by atoms with Crippen molar-refractivity contribution in [3.63, 3.8) is 0 Å². The molecule has 35 heavy (non-hydrogen) atoms. The van der Waals surface area contributed by atoms with E-state index >= 15 is 0 Å². The molecule has 0 unspecified atom stereocenters. The molecule has 184 valence electrons. The number of esters is 1. The number of rotatable bonds is 12. The van der Waals surface area contributed by atoms with Crippen LogP contribution in [0.5, 0.6) is 5.75 Å². The van der Waals surface area contributed by atoms with Crippen LogP contribution in [0.2, 0.25) is 0 Å². The lowest BCUT2D eigenvalue weighted by atomic mass is 9.99. The number of nitro groups is 1. The van der Waals surface area contributed by atoms with Gasteiger partial charge in [0.15, 0.2) is 0 Å². The summed E-state index contributed by atoms with van der Waals surface area (Å²) in [4.78, 5) is 39.5. The number of non-ortho nitro benzene ring substituents is 1. The van der Waals surface area contributed by atoms with Gasteiger partial charge in [-0.1, -0.05) is 45.2 Å². The van der Waals surface area contributed by atoms with E-state index in [0.717, 1.165) is 32.1 Å². The number of pyridine rings is 1. The van der Waals surface area contributed by atoms with E-state index in [1.165, 1.54) is 24.3 Å². The molecule has 8 nitrogen and oxygen atoms in total. The quantitative estimate of drug-likeness (QED) is 0.145. The van der Waals surface area contributed by atoms with Gasteiger partial charge in [0.25, 0.3) is 11.2 Å². The number of benzene rings is 2. The van der Waals surface area contributed by atoms with E-state index in [1.807, 2.05) is 6.92 Å². The SMILES string of the molecule is CCCCCCOC(=O)c1cc(-c2ccc([N+](=O)[O-])cc2)[nH]c(=O)c1-c1ccc(OCCC)cc1. The Bertz CT molecular complexity index is 1200. The largest absolute Gasteiger partial charge is 0.494 e. The fourth-order valence-corrected chi connectivity index (χ4v) is 3.63. The van der Waals surface area contributed by atoms with Crippen molar-refractivity contribution in [2.24, 2.45) is 0 Å². The van der Waals surface area contributed by atoms with Crippen LogP contribution in [0.1, 0.15) is 56.3 Å². The summed E-state index contributed by atoms with van der Waals surface area (Å²) in [5.41, 5.74) is 1.29. The lowest BCUT2D eigenvalue weighted by Crippen LogP contribution is -2.18. The molecule has 1 aromatic heterocycles. The van der Waals surface area contributed by atoms with Crippen molar-refractivity contribution in [2.75, 3.05) is 13.2 Å². The Labute approximate surface area is 204 Å². The van der Waals surface area contributed by atoms with Crippen LogP contribution in [0.25, 0.3) is 22.4 Å². The van der Waals surface area contributed by atoms with Crippen molar-refractivity contribution in [3.8, 4) is 28.1 Å². The van der Waals surface area contributed by atoms with Crippen molar-refractivity contribution >= 4 is 11.7 Å². The molecule has 0 fully saturated rings. The fraction of sp³-hybridized carbons (Fsp3) is 0.333. The number of carbonyl (C=O) groups is 1. The highest BCUT2D eigenvalue weighted by molar-refractivity contribution is 5.98. The number of nitro benzene ring substituents is 1. The lowest BCUT2D eigenvalue weighted by molar-refractivity contribution is -0.384. The van der Waals surface area contributed by atoms with Crippen molar-refractivity contribution < 1.29 is 19.2 Å². The summed E-state index contributed by atoms with van der Waals surface area (Å²) in [6.07, 6.45) is 4.71. The molecule has 0 aliphatic carbocycles. The first-order chi connectivity index (χ1) is 16.9. The Hall–Kier alpha value is -3.94. The van der Waals surface area contributed by atoms with Crippen molar-refractivity contribution in [3.05, 3.63) is 80.6 Å². The van der Waals surface area contributed by atoms with Crippen molar-refractivity contribution in [1.82, 2.24) is 4.98 Å². The van der Waals surface area contributed by atoms with Crippen LogP contribution in [0.15, 0.2) is 59.4 Å². The van der Waals surface area contributed by atoms with E-state index in [-0.39, 0.29) is 23.4 Å². The molecule has 0 saturated carbocycles. The molecule has 0 spiro atoms. The van der Waals surface area contributed by atoms with Gasteiger partial charge >= 0.3 is 5.97 Å². The number of nitrogens with one attached hydrogen (secondary N) is 1. The number of nitrogens with zero attached hydrogens (tertiary/aromatic N) is 1. The zero-order valence-electron chi connectivity index (χ0n) is 20.0. The third-order valence-electron chi connectivity index (χ3n) is 5.49. The van der Waals surface area contributed by atoms with Gasteiger partial charge in [-0.3, -0.25) is 14.9 Å². The van der Waals surface area contributed by atoms with E-state index in [4.69, 9.17) is 9.47 Å². The minimum Gasteiger partial charge on any atom is -0.494 e. The van der Waals surface area contributed by atoms with E-state index in [9.17, 15) is 19.7 Å². The molecule has 0 aliphatic heterocycles. The Balaban J connectivity index is 1.98. The maximum atomic E-state index is 13.2. The number of aromatic nitrogens is 1. The van der Waals surface area contributed by atoms with Crippen LogP contribution in [0, 0.1) is 10.1 Å². The Morgan fingerprint density at radius 1 is 0.914 bits per heavy atom. The molecular formula is C27H30N2O6. The zero-order valence-corrected chi connectivity index (χ0v) is 20.0. The summed E-state index contributed by atoms with van der Waals surface area (Å²) in [6, 6.07) is 14.3. The first-order valence-corrected chi connectivity index (χ1v) is 11.9. The highest BCUT2D eigenvalue weighted by Crippen LogP contribution is 2.27. The number of ether oxygens (including phenoxy) is 2. The molecule has 3 aromatic rings. The van der Waals surface area contributed by atoms with Crippen LogP contribution < -0.4 is 10.3 Å². The topological polar surface area (TPSA) is 112 Å². The monoisotopic (exact) mass is 478 g/mol. The maximum absolute atomic E-state index is 13.2. The predicted molar refractivity (Wildman–Crippen MR) is 135 cm³/mol. The van der Waals surface area contributed by atoms with Crippen LogP contribution in [0.3, 0.4) is 0 Å². The molecule has 0 aliphatic rings. The number of hydrogen-bond acceptors (Lipinski definition) is 6. The first kappa shape index (κ1) is 25.7. The molecule has 1 N–H and O–H groups in total. The summed E-state index contributed by atoms with van der Waals surface area (Å²) in [5.74, 6) is 0.0895. The van der Waals surface area contributed by atoms with Gasteiger partial charge in [-0.2, -0.15) is 0 Å². The van der Waals surface area contributed by atoms with Gasteiger partial charge in [-0.15, -0.1) is 0 Å². The molecule has 8 heteroatoms. The number of carbonyl (C=O) groups excluding carboxylic acids is 1. The maximum Gasteiger partial charge on any atom is 0.339 e. The molecule has 1 heterocycles. The molecule has 0 radical (unpaired) electrons. The molecule has 0 bridgehead atoms. The minimum absolute atomic E-state index is 0.0650. The van der Waals surface area contributed by atoms with Crippen molar-refractivity contribution in [2.45, 2.75) is 46.0 Å². The van der Waals surface area contributed by atoms with Crippen LogP contribution in [0.4, 0.5) is 5.69 Å². The van der Waals surface area contributed by atoms with Gasteiger partial charge < -0.3 is 14.5 Å². The molecule has 2 aromatic carbocycles. The molecule has 3 rings (SSSR count). The van der Waals surface area contributed by atoms with E-state index < -0.39 is 16.5 Å². The normalized spacial score (nSPS) is 10.7. The first-order valence-electron chi connectivity index (χ1n) is 11.9. The minimum atomic E-state index is -0.586. The van der Waals surface area contributed by atoms with Crippen LogP contribution in [-0.4, -0.2) is 29.1 Å². The number of H-pyrrole nitrogens is 1. The second kappa shape index (κ2) is 12.5. The third-order valence-corrected chi connectivity index (χ3v) is 5.49. The number of unbranched alkanes of at least 4 members (excludes halogenated alkanes) is 3. The average Bonchev–Trinajstić information content (AvgIpc) is 2.87. The molecule has 0 saturated heterocycles. The summed E-state index contributed by atoms with van der Waals surface area (Å²) in [5, 5.41) is 11.0. The number of aromatic amines is 1. The van der Waals surface area contributed by atoms with Crippen molar-refractivity contribution in [1.29, 1.82) is 0 Å². The summed E-state index contributed by atoms with van der Waals surface area (Å²) >= 11 is 0. The van der Waals surface area contributed by atoms with Crippen LogP contribution in [-0.2, 0) is 4.74 Å². The molecule has 0 atom stereocenters. The van der Waals surface area contributed by atoms with Gasteiger partial charge in [-0.25, -0.2) is 4.79 Å². The van der Waals surface area contributed by atoms with Gasteiger partial charge in [0.1, 0.15) is 5.75 Å². The fourth-order valence-electron chi connectivity index (χ4n) is 3.63. The Morgan fingerprint density at radius 3 is 2.23 bits per heavy atom. The summed E-state index contributed by atoms with van der Waals surface area (Å²) in [6.45, 7) is 4.97.